The molecule has 206 valence electrons. The van der Waals surface area contributed by atoms with Gasteiger partial charge in [-0.25, -0.2) is 13.8 Å². The maximum atomic E-state index is 15.0. The molecule has 3 aromatic rings. The number of aromatic nitrogens is 2. The summed E-state index contributed by atoms with van der Waals surface area (Å²) in [7, 11) is 0. The first-order valence-corrected chi connectivity index (χ1v) is 13.4. The van der Waals surface area contributed by atoms with E-state index in [0.29, 0.717) is 37.9 Å². The van der Waals surface area contributed by atoms with Crippen LogP contribution in [0.4, 0.5) is 14.5 Å². The van der Waals surface area contributed by atoms with E-state index >= 15 is 0 Å². The number of halogens is 2. The lowest BCUT2D eigenvalue weighted by atomic mass is 9.69. The van der Waals surface area contributed by atoms with Gasteiger partial charge in [-0.3, -0.25) is 14.2 Å². The Labute approximate surface area is 226 Å². The van der Waals surface area contributed by atoms with Crippen LogP contribution in [0.1, 0.15) is 50.5 Å². The van der Waals surface area contributed by atoms with Crippen LogP contribution >= 0.6 is 0 Å². The van der Waals surface area contributed by atoms with Crippen molar-refractivity contribution < 1.29 is 18.7 Å². The quantitative estimate of drug-likeness (QED) is 0.507. The van der Waals surface area contributed by atoms with Gasteiger partial charge in [0.25, 0.3) is 5.56 Å². The topological polar surface area (TPSA) is 101 Å². The third-order valence-corrected chi connectivity index (χ3v) is 8.31. The van der Waals surface area contributed by atoms with Crippen LogP contribution in [0.5, 0.6) is 0 Å². The molecule has 2 heterocycles. The van der Waals surface area contributed by atoms with Gasteiger partial charge in [-0.15, -0.1) is 0 Å². The summed E-state index contributed by atoms with van der Waals surface area (Å²) in [6.07, 6.45) is 3.04. The number of hydrogen-bond donors (Lipinski definition) is 2. The summed E-state index contributed by atoms with van der Waals surface area (Å²) in [6, 6.07) is 15.2. The second kappa shape index (κ2) is 10.5. The van der Waals surface area contributed by atoms with Crippen LogP contribution in [0.15, 0.2) is 65.7 Å². The molecule has 9 heteroatoms. The molecule has 1 aliphatic heterocycles. The van der Waals surface area contributed by atoms with Crippen LogP contribution in [0, 0.1) is 11.7 Å². The van der Waals surface area contributed by atoms with Crippen LogP contribution in [-0.2, 0) is 11.3 Å². The molecule has 3 atom stereocenters. The van der Waals surface area contributed by atoms with E-state index in [9.17, 15) is 23.5 Å². The minimum absolute atomic E-state index is 0.00636. The van der Waals surface area contributed by atoms with E-state index in [-0.39, 0.29) is 48.5 Å². The predicted molar refractivity (Wildman–Crippen MR) is 145 cm³/mol. The number of anilines is 1. The molecule has 39 heavy (non-hydrogen) atoms. The van der Waals surface area contributed by atoms with Gasteiger partial charge in [0.1, 0.15) is 22.9 Å². The molecule has 0 radical (unpaired) electrons. The van der Waals surface area contributed by atoms with E-state index in [0.717, 1.165) is 5.56 Å². The fourth-order valence-electron chi connectivity index (χ4n) is 6.02. The number of piperidine rings is 1. The molecule has 1 aliphatic carbocycles. The molecule has 3 N–H and O–H groups in total. The molecule has 1 saturated carbocycles. The highest BCUT2D eigenvalue weighted by atomic mass is 19.1. The van der Waals surface area contributed by atoms with Crippen LogP contribution in [0.25, 0.3) is 11.3 Å². The Balaban J connectivity index is 1.27. The van der Waals surface area contributed by atoms with E-state index in [2.05, 4.69) is 4.98 Å². The number of hydrogen-bond acceptors (Lipinski definition) is 5. The standard InChI is InChI=1S/C30H34F2N4O3/c1-29(32)12-11-23(24(17-29)20-5-3-2-4-6-20)27(37)35-15-13-30(39,14-16-35)18-36-19-34-26(25(33)28(36)38)21-7-9-22(31)10-8-21/h2-10,19,23-24,39H,11-18,33H2,1H3/t23-,24+,29?/m1/s1. The van der Waals surface area contributed by atoms with Crippen molar-refractivity contribution in [3.63, 3.8) is 0 Å². The van der Waals surface area contributed by atoms with Crippen molar-refractivity contribution in [1.82, 2.24) is 14.5 Å². The molecule has 0 bridgehead atoms. The number of nitrogens with zero attached hydrogens (tertiary/aromatic N) is 3. The third kappa shape index (κ3) is 5.73. The zero-order chi connectivity index (χ0) is 27.8. The highest BCUT2D eigenvalue weighted by Gasteiger charge is 2.44. The largest absolute Gasteiger partial charge is 0.392 e. The number of nitrogen functional groups attached to an aromatic ring is 1. The molecular formula is C30H34F2N4O3. The Morgan fingerprint density at radius 2 is 1.77 bits per heavy atom. The van der Waals surface area contributed by atoms with Crippen molar-refractivity contribution in [2.75, 3.05) is 18.8 Å². The summed E-state index contributed by atoms with van der Waals surface area (Å²) < 4.78 is 29.5. The number of likely N-dealkylation sites (tertiary alicyclic amines) is 1. The predicted octanol–water partition coefficient (Wildman–Crippen LogP) is 4.30. The molecule has 5 rings (SSSR count). The van der Waals surface area contributed by atoms with Crippen LogP contribution < -0.4 is 11.3 Å². The van der Waals surface area contributed by atoms with E-state index in [4.69, 9.17) is 5.73 Å². The summed E-state index contributed by atoms with van der Waals surface area (Å²) >= 11 is 0. The van der Waals surface area contributed by atoms with Gasteiger partial charge < -0.3 is 15.7 Å². The highest BCUT2D eigenvalue weighted by Crippen LogP contribution is 2.45. The fourth-order valence-corrected chi connectivity index (χ4v) is 6.02. The lowest BCUT2D eigenvalue weighted by Crippen LogP contribution is -2.52. The van der Waals surface area contributed by atoms with Gasteiger partial charge in [-0.1, -0.05) is 30.3 Å². The number of rotatable bonds is 5. The molecular weight excluding hydrogens is 502 g/mol. The summed E-state index contributed by atoms with van der Waals surface area (Å²) in [6.45, 7) is 2.28. The van der Waals surface area contributed by atoms with E-state index in [1.54, 1.807) is 11.8 Å². The maximum absolute atomic E-state index is 15.0. The fraction of sp³-hybridized carbons (Fsp3) is 0.433. The van der Waals surface area contributed by atoms with E-state index in [1.165, 1.54) is 35.2 Å². The Bertz CT molecular complexity index is 1380. The second-order valence-electron chi connectivity index (χ2n) is 11.3. The first-order valence-electron chi connectivity index (χ1n) is 13.4. The van der Waals surface area contributed by atoms with Gasteiger partial charge in [0.15, 0.2) is 0 Å². The van der Waals surface area contributed by atoms with Crippen molar-refractivity contribution in [3.05, 3.63) is 82.7 Å². The molecule has 1 unspecified atom stereocenters. The lowest BCUT2D eigenvalue weighted by Gasteiger charge is -2.43. The molecule has 2 fully saturated rings. The normalized spacial score (nSPS) is 24.9. The average molecular weight is 537 g/mol. The Morgan fingerprint density at radius 3 is 2.44 bits per heavy atom. The number of alkyl halides is 1. The Kier molecular flexibility index (Phi) is 7.29. The zero-order valence-electron chi connectivity index (χ0n) is 22.0. The smallest absolute Gasteiger partial charge is 0.277 e. The van der Waals surface area contributed by atoms with Gasteiger partial charge in [-0.05, 0) is 74.8 Å². The number of carbonyl (C=O) groups is 1. The molecule has 2 aromatic carbocycles. The molecule has 0 spiro atoms. The van der Waals surface area contributed by atoms with E-state index in [1.807, 2.05) is 30.3 Å². The van der Waals surface area contributed by atoms with Crippen molar-refractivity contribution in [2.24, 2.45) is 5.92 Å². The van der Waals surface area contributed by atoms with Crippen LogP contribution in [0.3, 0.4) is 0 Å². The summed E-state index contributed by atoms with van der Waals surface area (Å²) in [5.74, 6) is -0.922. The SMILES string of the molecule is CC1(F)CC[C@@H](C(=O)N2CCC(O)(Cn3cnc(-c4ccc(F)cc4)c(N)c3=O)CC2)[C@H](c2ccccc2)C1. The van der Waals surface area contributed by atoms with Crippen molar-refractivity contribution in [1.29, 1.82) is 0 Å². The monoisotopic (exact) mass is 536 g/mol. The first-order chi connectivity index (χ1) is 18.6. The zero-order valence-corrected chi connectivity index (χ0v) is 22.0. The number of benzene rings is 2. The van der Waals surface area contributed by atoms with Crippen LogP contribution in [0.2, 0.25) is 0 Å². The first kappa shape index (κ1) is 27.0. The van der Waals surface area contributed by atoms with Crippen molar-refractivity contribution in [2.45, 2.75) is 62.8 Å². The molecule has 1 amide bonds. The minimum Gasteiger partial charge on any atom is -0.392 e. The number of nitrogens with two attached hydrogens (primary N) is 1. The lowest BCUT2D eigenvalue weighted by molar-refractivity contribution is -0.143. The summed E-state index contributed by atoms with van der Waals surface area (Å²) in [5, 5.41) is 11.3. The van der Waals surface area contributed by atoms with Crippen LogP contribution in [-0.4, -0.2) is 49.8 Å². The Hall–Kier alpha value is -3.59. The Morgan fingerprint density at radius 1 is 1.10 bits per heavy atom. The van der Waals surface area contributed by atoms with E-state index < -0.39 is 22.6 Å². The summed E-state index contributed by atoms with van der Waals surface area (Å²) in [5.41, 5.74) is 4.74. The van der Waals surface area contributed by atoms with Crippen molar-refractivity contribution in [3.8, 4) is 11.3 Å². The second-order valence-corrected chi connectivity index (χ2v) is 11.3. The maximum Gasteiger partial charge on any atom is 0.277 e. The van der Waals surface area contributed by atoms with Crippen molar-refractivity contribution >= 4 is 11.6 Å². The molecule has 7 nitrogen and oxygen atoms in total. The molecule has 1 saturated heterocycles. The van der Waals surface area contributed by atoms with Gasteiger partial charge in [0.2, 0.25) is 5.91 Å². The number of carbonyl (C=O) groups excluding carboxylic acids is 1. The molecule has 1 aromatic heterocycles. The van der Waals surface area contributed by atoms with Gasteiger partial charge in [0, 0.05) is 24.6 Å². The highest BCUT2D eigenvalue weighted by molar-refractivity contribution is 5.80. The van der Waals surface area contributed by atoms with Gasteiger partial charge in [-0.2, -0.15) is 0 Å². The average Bonchev–Trinajstić information content (AvgIpc) is 2.92. The third-order valence-electron chi connectivity index (χ3n) is 8.31. The summed E-state index contributed by atoms with van der Waals surface area (Å²) in [4.78, 5) is 32.7. The molecule has 2 aliphatic rings. The van der Waals surface area contributed by atoms with Gasteiger partial charge >= 0.3 is 0 Å². The number of amides is 1. The minimum atomic E-state index is -1.31. The number of aliphatic hydroxyl groups is 1. The van der Waals surface area contributed by atoms with Gasteiger partial charge in [0.05, 0.1) is 18.5 Å².